The summed E-state index contributed by atoms with van der Waals surface area (Å²) in [5, 5.41) is 10.3. The molecule has 0 spiro atoms. The average Bonchev–Trinajstić information content (AvgIpc) is 3.34. The first-order valence-corrected chi connectivity index (χ1v) is 11.0. The molecule has 1 fully saturated rings. The molecule has 0 bridgehead atoms. The normalized spacial score (nSPS) is 17.7. The fourth-order valence-electron chi connectivity index (χ4n) is 5.55. The van der Waals surface area contributed by atoms with Crippen LogP contribution in [0.1, 0.15) is 69.9 Å². The summed E-state index contributed by atoms with van der Waals surface area (Å²) >= 11 is 0. The maximum atomic E-state index is 10.3. The lowest BCUT2D eigenvalue weighted by molar-refractivity contribution is 0.151. The summed E-state index contributed by atoms with van der Waals surface area (Å²) in [6, 6.07) is 21.1. The van der Waals surface area contributed by atoms with Crippen LogP contribution in [0.5, 0.6) is 0 Å². The number of hydrogen-bond donors (Lipinski definition) is 0. The van der Waals surface area contributed by atoms with Crippen molar-refractivity contribution in [1.82, 2.24) is 4.90 Å². The van der Waals surface area contributed by atoms with Crippen LogP contribution in [0.2, 0.25) is 0 Å². The molecule has 28 heavy (non-hydrogen) atoms. The Morgan fingerprint density at radius 3 is 2.07 bits per heavy atom. The van der Waals surface area contributed by atoms with Crippen molar-refractivity contribution >= 4 is 0 Å². The first kappa shape index (κ1) is 19.2. The topological polar surface area (TPSA) is 27.0 Å². The molecular formula is C26H32N2. The smallest absolute Gasteiger partial charge is 0.108 e. The van der Waals surface area contributed by atoms with Crippen molar-refractivity contribution < 1.29 is 0 Å². The second-order valence-electron chi connectivity index (χ2n) is 8.84. The molecule has 2 heteroatoms. The van der Waals surface area contributed by atoms with E-state index in [9.17, 15) is 5.26 Å². The second kappa shape index (κ2) is 8.10. The Balaban J connectivity index is 1.50. The van der Waals surface area contributed by atoms with Gasteiger partial charge in [-0.2, -0.15) is 5.26 Å². The molecule has 1 saturated carbocycles. The number of unbranched alkanes of at least 4 members (excludes halogenated alkanes) is 1. The molecule has 2 aliphatic rings. The van der Waals surface area contributed by atoms with E-state index in [1.165, 1.54) is 54.4 Å². The van der Waals surface area contributed by atoms with Crippen molar-refractivity contribution in [1.29, 1.82) is 5.26 Å². The van der Waals surface area contributed by atoms with Gasteiger partial charge in [0.1, 0.15) is 5.41 Å². The third-order valence-corrected chi connectivity index (χ3v) is 6.93. The number of nitrogens with zero attached hydrogens (tertiary/aromatic N) is 2. The third kappa shape index (κ3) is 3.27. The Labute approximate surface area is 170 Å². The predicted molar refractivity (Wildman–Crippen MR) is 116 cm³/mol. The molecule has 2 aliphatic carbocycles. The second-order valence-corrected chi connectivity index (χ2v) is 8.84. The van der Waals surface area contributed by atoms with Gasteiger partial charge in [0, 0.05) is 12.1 Å². The molecule has 2 nitrogen and oxygen atoms in total. The van der Waals surface area contributed by atoms with Gasteiger partial charge < -0.3 is 0 Å². The maximum Gasteiger partial charge on any atom is 0.108 e. The molecule has 0 unspecified atom stereocenters. The fraction of sp³-hybridized carbons (Fsp3) is 0.500. The predicted octanol–water partition coefficient (Wildman–Crippen LogP) is 6.30. The van der Waals surface area contributed by atoms with Crippen LogP contribution in [0.25, 0.3) is 11.1 Å². The van der Waals surface area contributed by atoms with Crippen LogP contribution in [0.4, 0.5) is 0 Å². The molecule has 0 amide bonds. The average molecular weight is 373 g/mol. The van der Waals surface area contributed by atoms with E-state index in [1.807, 2.05) is 0 Å². The highest BCUT2D eigenvalue weighted by Crippen LogP contribution is 2.50. The molecule has 0 atom stereocenters. The molecule has 0 saturated heterocycles. The molecule has 2 aromatic rings. The van der Waals surface area contributed by atoms with Gasteiger partial charge in [0.25, 0.3) is 0 Å². The Kier molecular flexibility index (Phi) is 5.56. The summed E-state index contributed by atoms with van der Waals surface area (Å²) in [6.45, 7) is 5.82. The molecule has 0 radical (unpaired) electrons. The van der Waals surface area contributed by atoms with Gasteiger partial charge in [-0.3, -0.25) is 4.90 Å². The highest BCUT2D eigenvalue weighted by Gasteiger charge is 2.42. The van der Waals surface area contributed by atoms with Crippen LogP contribution in [-0.4, -0.2) is 23.5 Å². The van der Waals surface area contributed by atoms with Crippen molar-refractivity contribution in [2.24, 2.45) is 0 Å². The summed E-state index contributed by atoms with van der Waals surface area (Å²) in [6.07, 6.45) is 8.67. The van der Waals surface area contributed by atoms with Gasteiger partial charge in [-0.05, 0) is 74.8 Å². The van der Waals surface area contributed by atoms with Gasteiger partial charge in [-0.15, -0.1) is 0 Å². The zero-order chi connectivity index (χ0) is 19.6. The van der Waals surface area contributed by atoms with Crippen molar-refractivity contribution in [3.8, 4) is 17.2 Å². The largest absolute Gasteiger partial charge is 0.298 e. The summed E-state index contributed by atoms with van der Waals surface area (Å²) in [4.78, 5) is 2.71. The first-order chi connectivity index (χ1) is 13.7. The van der Waals surface area contributed by atoms with Crippen LogP contribution < -0.4 is 0 Å². The van der Waals surface area contributed by atoms with Crippen LogP contribution in [-0.2, 0) is 5.41 Å². The maximum absolute atomic E-state index is 10.3. The van der Waals surface area contributed by atoms with Crippen molar-refractivity contribution in [2.45, 2.75) is 76.3 Å². The highest BCUT2D eigenvalue weighted by molar-refractivity contribution is 5.82. The third-order valence-electron chi connectivity index (χ3n) is 6.93. The van der Waals surface area contributed by atoms with Gasteiger partial charge in [-0.1, -0.05) is 61.4 Å². The van der Waals surface area contributed by atoms with Gasteiger partial charge in [-0.25, -0.2) is 0 Å². The zero-order valence-corrected chi connectivity index (χ0v) is 17.3. The minimum absolute atomic E-state index is 0.483. The Bertz CT molecular complexity index is 809. The van der Waals surface area contributed by atoms with E-state index in [2.05, 4.69) is 73.3 Å². The number of hydrogen-bond acceptors (Lipinski definition) is 2. The summed E-state index contributed by atoms with van der Waals surface area (Å²) < 4.78 is 0. The monoisotopic (exact) mass is 372 g/mol. The lowest BCUT2D eigenvalue weighted by atomic mass is 9.75. The lowest BCUT2D eigenvalue weighted by Crippen LogP contribution is -2.39. The van der Waals surface area contributed by atoms with Gasteiger partial charge in [0.15, 0.2) is 0 Å². The molecule has 4 rings (SSSR count). The van der Waals surface area contributed by atoms with Gasteiger partial charge in [0.05, 0.1) is 6.07 Å². The number of nitriles is 1. The Morgan fingerprint density at radius 1 is 0.964 bits per heavy atom. The van der Waals surface area contributed by atoms with Crippen molar-refractivity contribution in [3.05, 3.63) is 59.7 Å². The molecule has 0 aromatic heterocycles. The molecular weight excluding hydrogens is 340 g/mol. The van der Waals surface area contributed by atoms with Crippen molar-refractivity contribution in [2.75, 3.05) is 6.54 Å². The Morgan fingerprint density at radius 2 is 1.54 bits per heavy atom. The van der Waals surface area contributed by atoms with Crippen LogP contribution >= 0.6 is 0 Å². The number of fused-ring (bicyclic) bond motifs is 3. The van der Waals surface area contributed by atoms with Gasteiger partial charge >= 0.3 is 0 Å². The SMILES string of the molecule is CC(C)N(CCCCC1(C#N)c2ccccc2-c2ccccc21)C1CCCC1. The number of rotatable bonds is 7. The standard InChI is InChI=1S/C26H32N2/c1-20(2)28(21-11-3-4-12-21)18-10-9-17-26(19-27)24-15-7-5-13-22(24)23-14-6-8-16-25(23)26/h5-8,13-16,20-21H,3-4,9-12,17-18H2,1-2H3. The number of benzene rings is 2. The minimum Gasteiger partial charge on any atom is -0.298 e. The first-order valence-electron chi connectivity index (χ1n) is 11.0. The summed E-state index contributed by atoms with van der Waals surface area (Å²) in [5.74, 6) is 0. The fourth-order valence-corrected chi connectivity index (χ4v) is 5.55. The molecule has 0 aliphatic heterocycles. The van der Waals surface area contributed by atoms with E-state index in [0.29, 0.717) is 6.04 Å². The van der Waals surface area contributed by atoms with E-state index in [-0.39, 0.29) is 0 Å². The van der Waals surface area contributed by atoms with E-state index in [1.54, 1.807) is 0 Å². The minimum atomic E-state index is -0.483. The molecule has 0 N–H and O–H groups in total. The summed E-state index contributed by atoms with van der Waals surface area (Å²) in [7, 11) is 0. The van der Waals surface area contributed by atoms with Gasteiger partial charge in [0.2, 0.25) is 0 Å². The lowest BCUT2D eigenvalue weighted by Gasteiger charge is -2.33. The van der Waals surface area contributed by atoms with E-state index >= 15 is 0 Å². The molecule has 2 aromatic carbocycles. The van der Waals surface area contributed by atoms with Crippen LogP contribution in [0, 0.1) is 11.3 Å². The summed E-state index contributed by atoms with van der Waals surface area (Å²) in [5.41, 5.74) is 4.41. The van der Waals surface area contributed by atoms with E-state index in [0.717, 1.165) is 25.4 Å². The highest BCUT2D eigenvalue weighted by atomic mass is 15.2. The van der Waals surface area contributed by atoms with Crippen LogP contribution in [0.3, 0.4) is 0 Å². The quantitative estimate of drug-likeness (QED) is 0.533. The van der Waals surface area contributed by atoms with Crippen LogP contribution in [0.15, 0.2) is 48.5 Å². The van der Waals surface area contributed by atoms with Crippen molar-refractivity contribution in [3.63, 3.8) is 0 Å². The van der Waals surface area contributed by atoms with E-state index < -0.39 is 5.41 Å². The van der Waals surface area contributed by atoms with E-state index in [4.69, 9.17) is 0 Å². The zero-order valence-electron chi connectivity index (χ0n) is 17.3. The molecule has 0 heterocycles. The molecule has 146 valence electrons. The Hall–Kier alpha value is -2.11.